The summed E-state index contributed by atoms with van der Waals surface area (Å²) in [6.07, 6.45) is 0. The highest BCUT2D eigenvalue weighted by Gasteiger charge is 2.29. The lowest BCUT2D eigenvalue weighted by atomic mass is 10.0. The fraction of sp³-hybridized carbons (Fsp3) is 0.615. The molecule has 0 saturated carbocycles. The molecule has 0 N–H and O–H groups in total. The van der Waals surface area contributed by atoms with Gasteiger partial charge in [-0.2, -0.15) is 10.4 Å². The lowest BCUT2D eigenvalue weighted by molar-refractivity contribution is 0.157. The maximum absolute atomic E-state index is 9.13. The van der Waals surface area contributed by atoms with Crippen molar-refractivity contribution in [1.29, 1.82) is 5.26 Å². The van der Waals surface area contributed by atoms with Gasteiger partial charge in [0, 0.05) is 26.2 Å². The number of anilines is 1. The van der Waals surface area contributed by atoms with Crippen LogP contribution in [0.15, 0.2) is 12.1 Å². The van der Waals surface area contributed by atoms with Crippen LogP contribution < -0.4 is 4.90 Å². The average molecular weight is 245 g/mol. The molecule has 1 aliphatic rings. The van der Waals surface area contributed by atoms with Gasteiger partial charge in [0.25, 0.3) is 0 Å². The largest absolute Gasteiger partial charge is 0.353 e. The minimum absolute atomic E-state index is 0.384. The predicted octanol–water partition coefficient (Wildman–Crippen LogP) is 1.21. The van der Waals surface area contributed by atoms with Crippen molar-refractivity contribution >= 4 is 5.82 Å². The Balaban J connectivity index is 1.99. The lowest BCUT2D eigenvalue weighted by Gasteiger charge is -2.40. The maximum Gasteiger partial charge on any atom is 0.151 e. The Kier molecular flexibility index (Phi) is 3.48. The molecule has 1 saturated heterocycles. The van der Waals surface area contributed by atoms with E-state index < -0.39 is 0 Å². The minimum Gasteiger partial charge on any atom is -0.353 e. The van der Waals surface area contributed by atoms with E-state index in [1.807, 2.05) is 32.9 Å². The summed E-state index contributed by atoms with van der Waals surface area (Å²) in [5.41, 5.74) is 0.549. The van der Waals surface area contributed by atoms with Gasteiger partial charge in [0.05, 0.1) is 11.8 Å². The summed E-state index contributed by atoms with van der Waals surface area (Å²) in [5, 5.41) is 17.4. The molecule has 96 valence electrons. The molecule has 5 nitrogen and oxygen atoms in total. The Bertz CT molecular complexity index is 437. The normalized spacial score (nSPS) is 17.6. The van der Waals surface area contributed by atoms with E-state index in [9.17, 15) is 0 Å². The van der Waals surface area contributed by atoms with Crippen LogP contribution in [-0.2, 0) is 0 Å². The van der Waals surface area contributed by atoms with E-state index in [1.54, 1.807) is 0 Å². The van der Waals surface area contributed by atoms with Crippen molar-refractivity contribution in [3.8, 4) is 6.07 Å². The van der Waals surface area contributed by atoms with Gasteiger partial charge < -0.3 is 4.90 Å². The Labute approximate surface area is 108 Å². The molecular formula is C13H19N5. The van der Waals surface area contributed by atoms with Crippen molar-refractivity contribution in [1.82, 2.24) is 15.1 Å². The van der Waals surface area contributed by atoms with Crippen LogP contribution in [0.3, 0.4) is 0 Å². The standard InChI is InChI=1S/C13H19N5/c1-11-4-5-12(16-15-11)17-6-8-18(9-7-17)13(2,3)10-14/h4-5H,6-9H2,1-3H3. The highest BCUT2D eigenvalue weighted by atomic mass is 15.3. The van der Waals surface area contributed by atoms with Crippen LogP contribution in [0.1, 0.15) is 19.5 Å². The molecule has 0 spiro atoms. The van der Waals surface area contributed by atoms with E-state index in [0.717, 1.165) is 37.7 Å². The molecule has 0 radical (unpaired) electrons. The average Bonchev–Trinajstić information content (AvgIpc) is 2.40. The van der Waals surface area contributed by atoms with Crippen LogP contribution >= 0.6 is 0 Å². The molecule has 0 unspecified atom stereocenters. The van der Waals surface area contributed by atoms with Crippen LogP contribution in [0.4, 0.5) is 5.82 Å². The van der Waals surface area contributed by atoms with Gasteiger partial charge in [-0.15, -0.1) is 5.10 Å². The van der Waals surface area contributed by atoms with Crippen molar-refractivity contribution in [3.05, 3.63) is 17.8 Å². The molecule has 1 aliphatic heterocycles. The highest BCUT2D eigenvalue weighted by Crippen LogP contribution is 2.18. The van der Waals surface area contributed by atoms with E-state index in [0.29, 0.717) is 0 Å². The van der Waals surface area contributed by atoms with Crippen molar-refractivity contribution < 1.29 is 0 Å². The second kappa shape index (κ2) is 4.91. The number of aryl methyl sites for hydroxylation is 1. The van der Waals surface area contributed by atoms with Crippen LogP contribution in [-0.4, -0.2) is 46.8 Å². The number of aromatic nitrogens is 2. The molecule has 1 aromatic heterocycles. The zero-order chi connectivity index (χ0) is 13.2. The quantitative estimate of drug-likeness (QED) is 0.784. The Morgan fingerprint density at radius 1 is 1.17 bits per heavy atom. The van der Waals surface area contributed by atoms with Gasteiger partial charge in [0.1, 0.15) is 5.54 Å². The van der Waals surface area contributed by atoms with E-state index >= 15 is 0 Å². The van der Waals surface area contributed by atoms with E-state index in [4.69, 9.17) is 5.26 Å². The Morgan fingerprint density at radius 3 is 2.33 bits per heavy atom. The third-order valence-electron chi connectivity index (χ3n) is 3.45. The first kappa shape index (κ1) is 12.8. The maximum atomic E-state index is 9.13. The summed E-state index contributed by atoms with van der Waals surface area (Å²) >= 11 is 0. The second-order valence-corrected chi connectivity index (χ2v) is 5.18. The molecular weight excluding hydrogens is 226 g/mol. The van der Waals surface area contributed by atoms with Crippen molar-refractivity contribution in [3.63, 3.8) is 0 Å². The molecule has 1 fully saturated rings. The van der Waals surface area contributed by atoms with Gasteiger partial charge in [-0.3, -0.25) is 4.90 Å². The van der Waals surface area contributed by atoms with Crippen LogP contribution in [0.2, 0.25) is 0 Å². The fourth-order valence-electron chi connectivity index (χ4n) is 2.13. The van der Waals surface area contributed by atoms with Gasteiger partial charge in [0.15, 0.2) is 5.82 Å². The minimum atomic E-state index is -0.384. The molecule has 5 heteroatoms. The monoisotopic (exact) mass is 245 g/mol. The van der Waals surface area contributed by atoms with Gasteiger partial charge in [-0.25, -0.2) is 0 Å². The smallest absolute Gasteiger partial charge is 0.151 e. The van der Waals surface area contributed by atoms with Crippen LogP contribution in [0.5, 0.6) is 0 Å². The van der Waals surface area contributed by atoms with E-state index in [-0.39, 0.29) is 5.54 Å². The van der Waals surface area contributed by atoms with Crippen LogP contribution in [0, 0.1) is 18.3 Å². The van der Waals surface area contributed by atoms with Gasteiger partial charge >= 0.3 is 0 Å². The number of piperazine rings is 1. The number of rotatable bonds is 2. The number of hydrogen-bond acceptors (Lipinski definition) is 5. The van der Waals surface area contributed by atoms with E-state index in [1.165, 1.54) is 0 Å². The summed E-state index contributed by atoms with van der Waals surface area (Å²) in [4.78, 5) is 4.43. The first-order valence-corrected chi connectivity index (χ1v) is 6.24. The molecule has 0 bridgehead atoms. The van der Waals surface area contributed by atoms with Gasteiger partial charge in [-0.1, -0.05) is 0 Å². The summed E-state index contributed by atoms with van der Waals surface area (Å²) in [6.45, 7) is 9.42. The molecule has 0 aromatic carbocycles. The third-order valence-corrected chi connectivity index (χ3v) is 3.45. The number of hydrogen-bond donors (Lipinski definition) is 0. The predicted molar refractivity (Wildman–Crippen MR) is 70.2 cm³/mol. The Hall–Kier alpha value is -1.67. The summed E-state index contributed by atoms with van der Waals surface area (Å²) in [5.74, 6) is 0.926. The molecule has 18 heavy (non-hydrogen) atoms. The van der Waals surface area contributed by atoms with Crippen LogP contribution in [0.25, 0.3) is 0 Å². The summed E-state index contributed by atoms with van der Waals surface area (Å²) in [6, 6.07) is 6.34. The SMILES string of the molecule is Cc1ccc(N2CCN(C(C)(C)C#N)CC2)nn1. The molecule has 1 aromatic rings. The second-order valence-electron chi connectivity index (χ2n) is 5.18. The third kappa shape index (κ3) is 2.59. The zero-order valence-electron chi connectivity index (χ0n) is 11.2. The van der Waals surface area contributed by atoms with Gasteiger partial charge in [0.2, 0.25) is 0 Å². The topological polar surface area (TPSA) is 56.0 Å². The summed E-state index contributed by atoms with van der Waals surface area (Å²) in [7, 11) is 0. The first-order valence-electron chi connectivity index (χ1n) is 6.24. The highest BCUT2D eigenvalue weighted by molar-refractivity contribution is 5.38. The molecule has 0 atom stereocenters. The number of nitriles is 1. The molecule has 0 aliphatic carbocycles. The summed E-state index contributed by atoms with van der Waals surface area (Å²) < 4.78 is 0. The molecule has 0 amide bonds. The van der Waals surface area contributed by atoms with Crippen molar-refractivity contribution in [2.24, 2.45) is 0 Å². The zero-order valence-corrected chi connectivity index (χ0v) is 11.2. The fourth-order valence-corrected chi connectivity index (χ4v) is 2.13. The number of nitrogens with zero attached hydrogens (tertiary/aromatic N) is 5. The van der Waals surface area contributed by atoms with E-state index in [2.05, 4.69) is 26.1 Å². The van der Waals surface area contributed by atoms with Crippen molar-refractivity contribution in [2.75, 3.05) is 31.1 Å². The Morgan fingerprint density at radius 2 is 1.83 bits per heavy atom. The van der Waals surface area contributed by atoms with Crippen molar-refractivity contribution in [2.45, 2.75) is 26.3 Å². The first-order chi connectivity index (χ1) is 8.53. The lowest BCUT2D eigenvalue weighted by Crippen LogP contribution is -2.54. The molecule has 2 heterocycles. The van der Waals surface area contributed by atoms with Gasteiger partial charge in [-0.05, 0) is 32.9 Å². The molecule has 2 rings (SSSR count).